The lowest BCUT2D eigenvalue weighted by molar-refractivity contribution is 0.159. The van der Waals surface area contributed by atoms with E-state index in [4.69, 9.17) is 9.52 Å². The van der Waals surface area contributed by atoms with Crippen molar-refractivity contribution in [3.63, 3.8) is 0 Å². The number of hydrogen-bond donors (Lipinski definition) is 1. The number of aromatic nitrogens is 2. The third-order valence-electron chi connectivity index (χ3n) is 2.14. The van der Waals surface area contributed by atoms with Crippen LogP contribution in [0.1, 0.15) is 32.0 Å². The van der Waals surface area contributed by atoms with E-state index in [0.29, 0.717) is 18.3 Å². The molecular formula is C10H19N3O2. The van der Waals surface area contributed by atoms with Crippen LogP contribution in [-0.4, -0.2) is 39.9 Å². The SMILES string of the molecule is CCc1nnc(CN(C)CCC(C)O)o1. The van der Waals surface area contributed by atoms with Gasteiger partial charge in [0.1, 0.15) is 0 Å². The van der Waals surface area contributed by atoms with Crippen LogP contribution >= 0.6 is 0 Å². The van der Waals surface area contributed by atoms with Gasteiger partial charge >= 0.3 is 0 Å². The highest BCUT2D eigenvalue weighted by atomic mass is 16.4. The van der Waals surface area contributed by atoms with Crippen molar-refractivity contribution in [1.29, 1.82) is 0 Å². The minimum atomic E-state index is -0.263. The molecule has 15 heavy (non-hydrogen) atoms. The van der Waals surface area contributed by atoms with E-state index >= 15 is 0 Å². The van der Waals surface area contributed by atoms with Crippen molar-refractivity contribution in [2.75, 3.05) is 13.6 Å². The number of aryl methyl sites for hydroxylation is 1. The van der Waals surface area contributed by atoms with E-state index in [0.717, 1.165) is 19.4 Å². The molecule has 1 rings (SSSR count). The topological polar surface area (TPSA) is 62.4 Å². The van der Waals surface area contributed by atoms with E-state index in [9.17, 15) is 0 Å². The van der Waals surface area contributed by atoms with Gasteiger partial charge in [-0.3, -0.25) is 4.90 Å². The first-order valence-corrected chi connectivity index (χ1v) is 5.29. The second-order valence-corrected chi connectivity index (χ2v) is 3.82. The monoisotopic (exact) mass is 213 g/mol. The Balaban J connectivity index is 2.33. The van der Waals surface area contributed by atoms with Crippen LogP contribution in [0.15, 0.2) is 4.42 Å². The summed E-state index contributed by atoms with van der Waals surface area (Å²) in [7, 11) is 1.97. The van der Waals surface area contributed by atoms with Crippen LogP contribution in [0.5, 0.6) is 0 Å². The summed E-state index contributed by atoms with van der Waals surface area (Å²) in [6, 6.07) is 0. The van der Waals surface area contributed by atoms with Crippen molar-refractivity contribution in [2.24, 2.45) is 0 Å². The zero-order valence-corrected chi connectivity index (χ0v) is 9.60. The molecule has 0 aliphatic heterocycles. The molecule has 0 spiro atoms. The van der Waals surface area contributed by atoms with Gasteiger partial charge in [-0.1, -0.05) is 6.92 Å². The highest BCUT2D eigenvalue weighted by molar-refractivity contribution is 4.80. The zero-order valence-electron chi connectivity index (χ0n) is 9.60. The third-order valence-corrected chi connectivity index (χ3v) is 2.14. The lowest BCUT2D eigenvalue weighted by atomic mass is 10.3. The first-order chi connectivity index (χ1) is 7.11. The van der Waals surface area contributed by atoms with Gasteiger partial charge in [0.2, 0.25) is 11.8 Å². The van der Waals surface area contributed by atoms with Crippen LogP contribution in [-0.2, 0) is 13.0 Å². The molecule has 5 nitrogen and oxygen atoms in total. The molecule has 1 aromatic heterocycles. The summed E-state index contributed by atoms with van der Waals surface area (Å²) in [6.07, 6.45) is 1.26. The first-order valence-electron chi connectivity index (χ1n) is 5.29. The second kappa shape index (κ2) is 5.82. The molecule has 1 N–H and O–H groups in total. The van der Waals surface area contributed by atoms with E-state index in [1.807, 2.05) is 14.0 Å². The molecule has 0 bridgehead atoms. The summed E-state index contributed by atoms with van der Waals surface area (Å²) in [4.78, 5) is 2.06. The van der Waals surface area contributed by atoms with Crippen molar-refractivity contribution in [3.05, 3.63) is 11.8 Å². The van der Waals surface area contributed by atoms with Crippen molar-refractivity contribution in [2.45, 2.75) is 39.3 Å². The fourth-order valence-corrected chi connectivity index (χ4v) is 1.21. The minimum absolute atomic E-state index is 0.263. The molecule has 0 fully saturated rings. The minimum Gasteiger partial charge on any atom is -0.424 e. The fraction of sp³-hybridized carbons (Fsp3) is 0.800. The standard InChI is InChI=1S/C10H19N3O2/c1-4-9-11-12-10(15-9)7-13(3)6-5-8(2)14/h8,14H,4-7H2,1-3H3. The van der Waals surface area contributed by atoms with E-state index in [2.05, 4.69) is 15.1 Å². The van der Waals surface area contributed by atoms with Crippen LogP contribution in [0.4, 0.5) is 0 Å². The maximum absolute atomic E-state index is 9.13. The molecule has 1 heterocycles. The van der Waals surface area contributed by atoms with Crippen LogP contribution < -0.4 is 0 Å². The quantitative estimate of drug-likeness (QED) is 0.758. The third kappa shape index (κ3) is 4.40. The molecule has 86 valence electrons. The Morgan fingerprint density at radius 3 is 2.60 bits per heavy atom. The molecule has 0 amide bonds. The predicted octanol–water partition coefficient (Wildman–Crippen LogP) is 0.835. The van der Waals surface area contributed by atoms with Crippen LogP contribution in [0.25, 0.3) is 0 Å². The van der Waals surface area contributed by atoms with Gasteiger partial charge in [-0.25, -0.2) is 0 Å². The van der Waals surface area contributed by atoms with Crippen molar-refractivity contribution >= 4 is 0 Å². The average Bonchev–Trinajstić information content (AvgIpc) is 2.62. The molecule has 0 aliphatic carbocycles. The normalized spacial score (nSPS) is 13.4. The van der Waals surface area contributed by atoms with Gasteiger partial charge in [-0.05, 0) is 20.4 Å². The Bertz CT molecular complexity index is 286. The van der Waals surface area contributed by atoms with Gasteiger partial charge in [0.05, 0.1) is 12.6 Å². The van der Waals surface area contributed by atoms with Crippen molar-refractivity contribution < 1.29 is 9.52 Å². The summed E-state index contributed by atoms with van der Waals surface area (Å²) in [5, 5.41) is 17.0. The van der Waals surface area contributed by atoms with Gasteiger partial charge in [-0.2, -0.15) is 0 Å². The van der Waals surface area contributed by atoms with Gasteiger partial charge < -0.3 is 9.52 Å². The Kier molecular flexibility index (Phi) is 4.71. The number of rotatable bonds is 6. The smallest absolute Gasteiger partial charge is 0.230 e. The van der Waals surface area contributed by atoms with Crippen LogP contribution in [0.2, 0.25) is 0 Å². The molecule has 0 saturated carbocycles. The Morgan fingerprint density at radius 2 is 2.07 bits per heavy atom. The van der Waals surface area contributed by atoms with Gasteiger partial charge in [0.15, 0.2) is 0 Å². The molecule has 0 aromatic carbocycles. The highest BCUT2D eigenvalue weighted by Gasteiger charge is 2.08. The summed E-state index contributed by atoms with van der Waals surface area (Å²) < 4.78 is 5.38. The maximum Gasteiger partial charge on any atom is 0.230 e. The first kappa shape index (κ1) is 12.1. The molecule has 1 atom stereocenters. The molecule has 5 heteroatoms. The largest absolute Gasteiger partial charge is 0.424 e. The Labute approximate surface area is 90.1 Å². The zero-order chi connectivity index (χ0) is 11.3. The highest BCUT2D eigenvalue weighted by Crippen LogP contribution is 2.04. The molecule has 0 radical (unpaired) electrons. The molecule has 0 saturated heterocycles. The fourth-order valence-electron chi connectivity index (χ4n) is 1.21. The summed E-state index contributed by atoms with van der Waals surface area (Å²) in [6.45, 7) is 5.23. The van der Waals surface area contributed by atoms with Gasteiger partial charge in [0.25, 0.3) is 0 Å². The lowest BCUT2D eigenvalue weighted by Crippen LogP contribution is -2.22. The predicted molar refractivity (Wildman–Crippen MR) is 56.3 cm³/mol. The maximum atomic E-state index is 9.13. The summed E-state index contributed by atoms with van der Waals surface area (Å²) in [5.74, 6) is 1.31. The lowest BCUT2D eigenvalue weighted by Gasteiger charge is -2.14. The van der Waals surface area contributed by atoms with Crippen molar-refractivity contribution in [3.8, 4) is 0 Å². The summed E-state index contributed by atoms with van der Waals surface area (Å²) >= 11 is 0. The van der Waals surface area contributed by atoms with Gasteiger partial charge in [-0.15, -0.1) is 10.2 Å². The average molecular weight is 213 g/mol. The molecular weight excluding hydrogens is 194 g/mol. The van der Waals surface area contributed by atoms with E-state index in [-0.39, 0.29) is 6.10 Å². The van der Waals surface area contributed by atoms with E-state index < -0.39 is 0 Å². The summed E-state index contributed by atoms with van der Waals surface area (Å²) in [5.41, 5.74) is 0. The Hall–Kier alpha value is -0.940. The van der Waals surface area contributed by atoms with E-state index in [1.165, 1.54) is 0 Å². The Morgan fingerprint density at radius 1 is 1.40 bits per heavy atom. The van der Waals surface area contributed by atoms with E-state index in [1.54, 1.807) is 6.92 Å². The number of aliphatic hydroxyl groups excluding tert-OH is 1. The molecule has 1 aromatic rings. The van der Waals surface area contributed by atoms with Crippen LogP contribution in [0, 0.1) is 0 Å². The molecule has 1 unspecified atom stereocenters. The van der Waals surface area contributed by atoms with Crippen molar-refractivity contribution in [1.82, 2.24) is 15.1 Å². The van der Waals surface area contributed by atoms with Crippen LogP contribution in [0.3, 0.4) is 0 Å². The molecule has 0 aliphatic rings. The second-order valence-electron chi connectivity index (χ2n) is 3.82. The van der Waals surface area contributed by atoms with Gasteiger partial charge in [0, 0.05) is 13.0 Å². The number of hydrogen-bond acceptors (Lipinski definition) is 5. The number of nitrogens with zero attached hydrogens (tertiary/aromatic N) is 3. The number of aliphatic hydroxyl groups is 1.